The predicted molar refractivity (Wildman–Crippen MR) is 110 cm³/mol. The van der Waals surface area contributed by atoms with Crippen LogP contribution in [0.2, 0.25) is 5.02 Å². The minimum atomic E-state index is -0.246. The van der Waals surface area contributed by atoms with Crippen LogP contribution in [0.5, 0.6) is 0 Å². The maximum absolute atomic E-state index is 14.6. The van der Waals surface area contributed by atoms with Crippen LogP contribution >= 0.6 is 11.6 Å². The summed E-state index contributed by atoms with van der Waals surface area (Å²) in [6, 6.07) is 3.96. The molecule has 1 nitrogen and oxygen atoms in total. The molecule has 1 unspecified atom stereocenters. The lowest BCUT2D eigenvalue weighted by atomic mass is 9.68. The van der Waals surface area contributed by atoms with E-state index in [1.807, 2.05) is 6.07 Å². The van der Waals surface area contributed by atoms with E-state index in [2.05, 4.69) is 13.0 Å². The number of unbranched alkanes of at least 4 members (excludes halogenated alkanes) is 1. The van der Waals surface area contributed by atoms with Crippen molar-refractivity contribution in [2.75, 3.05) is 6.61 Å². The molecule has 0 amide bonds. The summed E-state index contributed by atoms with van der Waals surface area (Å²) in [6.45, 7) is 2.92. The van der Waals surface area contributed by atoms with Gasteiger partial charge in [-0.15, -0.1) is 0 Å². The van der Waals surface area contributed by atoms with Crippen molar-refractivity contribution in [3.63, 3.8) is 0 Å². The Bertz CT molecular complexity index is 626. The highest BCUT2D eigenvalue weighted by atomic mass is 35.5. The SMILES string of the molecule is CCCCC1CCC(C2CCC(c3ccc(C4CO4)c(F)c3Cl)CC2)CC1. The smallest absolute Gasteiger partial charge is 0.147 e. The molecular formula is C24H34ClFO. The van der Waals surface area contributed by atoms with Crippen LogP contribution in [-0.2, 0) is 4.74 Å². The minimum Gasteiger partial charge on any atom is -0.368 e. The first kappa shape index (κ1) is 19.7. The zero-order valence-electron chi connectivity index (χ0n) is 16.7. The standard InChI is InChI=1S/C24H34ClFO/c1-2-3-4-16-5-7-17(8-6-16)18-9-11-19(12-10-18)20-13-14-21(22-15-27-22)24(26)23(20)25/h13-14,16-19,22H,2-12,15H2,1H3. The van der Waals surface area contributed by atoms with E-state index in [4.69, 9.17) is 16.3 Å². The van der Waals surface area contributed by atoms with Crippen molar-refractivity contribution >= 4 is 11.6 Å². The molecule has 3 aliphatic rings. The molecule has 1 aliphatic heterocycles. The second kappa shape index (κ2) is 8.82. The van der Waals surface area contributed by atoms with Gasteiger partial charge >= 0.3 is 0 Å². The first-order valence-electron chi connectivity index (χ1n) is 11.3. The first-order valence-corrected chi connectivity index (χ1v) is 11.6. The van der Waals surface area contributed by atoms with Crippen LogP contribution in [-0.4, -0.2) is 6.61 Å². The third-order valence-electron chi connectivity index (χ3n) is 7.56. The van der Waals surface area contributed by atoms with Gasteiger partial charge in [0, 0.05) is 5.56 Å². The number of ether oxygens (including phenoxy) is 1. The lowest BCUT2D eigenvalue weighted by Crippen LogP contribution is -2.25. The summed E-state index contributed by atoms with van der Waals surface area (Å²) >= 11 is 6.42. The normalized spacial score (nSPS) is 33.8. The monoisotopic (exact) mass is 392 g/mol. The molecule has 1 atom stereocenters. The van der Waals surface area contributed by atoms with E-state index in [0.29, 0.717) is 23.1 Å². The Morgan fingerprint density at radius 3 is 2.15 bits per heavy atom. The number of hydrogen-bond donors (Lipinski definition) is 0. The maximum Gasteiger partial charge on any atom is 0.147 e. The molecule has 1 heterocycles. The largest absolute Gasteiger partial charge is 0.368 e. The molecule has 0 bridgehead atoms. The summed E-state index contributed by atoms with van der Waals surface area (Å²) in [5, 5.41) is 0.350. The van der Waals surface area contributed by atoms with Gasteiger partial charge in [-0.1, -0.05) is 62.8 Å². The zero-order chi connectivity index (χ0) is 18.8. The Hall–Kier alpha value is -0.600. The van der Waals surface area contributed by atoms with E-state index in [-0.39, 0.29) is 11.9 Å². The topological polar surface area (TPSA) is 12.5 Å². The van der Waals surface area contributed by atoms with E-state index in [9.17, 15) is 4.39 Å². The Morgan fingerprint density at radius 2 is 1.56 bits per heavy atom. The minimum absolute atomic E-state index is 0.0697. The Morgan fingerprint density at radius 1 is 0.963 bits per heavy atom. The van der Waals surface area contributed by atoms with E-state index >= 15 is 0 Å². The molecule has 1 saturated heterocycles. The van der Waals surface area contributed by atoms with Crippen molar-refractivity contribution in [2.24, 2.45) is 17.8 Å². The average molecular weight is 393 g/mol. The van der Waals surface area contributed by atoms with Crippen molar-refractivity contribution in [1.29, 1.82) is 0 Å². The third kappa shape index (κ3) is 4.53. The van der Waals surface area contributed by atoms with Gasteiger partial charge in [0.25, 0.3) is 0 Å². The van der Waals surface area contributed by atoms with Gasteiger partial charge in [-0.05, 0) is 67.8 Å². The molecule has 1 aromatic carbocycles. The highest BCUT2D eigenvalue weighted by Crippen LogP contribution is 2.46. The third-order valence-corrected chi connectivity index (χ3v) is 7.94. The fourth-order valence-electron chi connectivity index (χ4n) is 5.71. The summed E-state index contributed by atoms with van der Waals surface area (Å²) in [4.78, 5) is 0. The van der Waals surface area contributed by atoms with Crippen LogP contribution in [0.25, 0.3) is 0 Å². The maximum atomic E-state index is 14.6. The number of halogens is 2. The summed E-state index contributed by atoms with van der Waals surface area (Å²) in [7, 11) is 0. The van der Waals surface area contributed by atoms with Gasteiger partial charge in [-0.25, -0.2) is 4.39 Å². The molecule has 0 spiro atoms. The molecule has 4 rings (SSSR count). The second-order valence-electron chi connectivity index (χ2n) is 9.23. The summed E-state index contributed by atoms with van der Waals surface area (Å²) in [6.07, 6.45) is 14.8. The van der Waals surface area contributed by atoms with Crippen molar-refractivity contribution in [3.8, 4) is 0 Å². The lowest BCUT2D eigenvalue weighted by molar-refractivity contribution is 0.156. The highest BCUT2D eigenvalue weighted by Gasteiger charge is 2.34. The Kier molecular flexibility index (Phi) is 6.44. The molecule has 1 aromatic rings. The van der Waals surface area contributed by atoms with Gasteiger partial charge in [-0.2, -0.15) is 0 Å². The van der Waals surface area contributed by atoms with Crippen LogP contribution in [0.15, 0.2) is 12.1 Å². The van der Waals surface area contributed by atoms with Crippen LogP contribution in [0.1, 0.15) is 101 Å². The molecule has 150 valence electrons. The number of hydrogen-bond acceptors (Lipinski definition) is 1. The van der Waals surface area contributed by atoms with Crippen molar-refractivity contribution in [1.82, 2.24) is 0 Å². The van der Waals surface area contributed by atoms with Gasteiger partial charge < -0.3 is 4.74 Å². The van der Waals surface area contributed by atoms with E-state index in [1.54, 1.807) is 0 Å². The molecule has 27 heavy (non-hydrogen) atoms. The van der Waals surface area contributed by atoms with Crippen LogP contribution in [0.3, 0.4) is 0 Å². The highest BCUT2D eigenvalue weighted by molar-refractivity contribution is 6.31. The number of benzene rings is 1. The van der Waals surface area contributed by atoms with Gasteiger partial charge in [0.2, 0.25) is 0 Å². The Labute approximate surface area is 169 Å². The van der Waals surface area contributed by atoms with Crippen LogP contribution < -0.4 is 0 Å². The summed E-state index contributed by atoms with van der Waals surface area (Å²) < 4.78 is 19.8. The van der Waals surface area contributed by atoms with Gasteiger partial charge in [-0.3, -0.25) is 0 Å². The molecular weight excluding hydrogens is 359 g/mol. The Balaban J connectivity index is 1.30. The summed E-state index contributed by atoms with van der Waals surface area (Å²) in [5.41, 5.74) is 1.66. The van der Waals surface area contributed by atoms with E-state index in [1.165, 1.54) is 70.6 Å². The summed E-state index contributed by atoms with van der Waals surface area (Å²) in [5.74, 6) is 3.00. The lowest BCUT2D eigenvalue weighted by Gasteiger charge is -2.38. The molecule has 3 heteroatoms. The van der Waals surface area contributed by atoms with Gasteiger partial charge in [0.1, 0.15) is 11.9 Å². The first-order chi connectivity index (χ1) is 13.2. The van der Waals surface area contributed by atoms with Crippen molar-refractivity contribution in [2.45, 2.75) is 89.6 Å². The molecule has 2 aliphatic carbocycles. The number of epoxide rings is 1. The fraction of sp³-hybridized carbons (Fsp3) is 0.750. The molecule has 0 aromatic heterocycles. The molecule has 0 radical (unpaired) electrons. The van der Waals surface area contributed by atoms with Gasteiger partial charge in [0.05, 0.1) is 11.6 Å². The molecule has 3 fully saturated rings. The molecule has 0 N–H and O–H groups in total. The van der Waals surface area contributed by atoms with Crippen LogP contribution in [0.4, 0.5) is 4.39 Å². The van der Waals surface area contributed by atoms with Crippen LogP contribution in [0, 0.1) is 23.6 Å². The van der Waals surface area contributed by atoms with Gasteiger partial charge in [0.15, 0.2) is 0 Å². The quantitative estimate of drug-likeness (QED) is 0.449. The van der Waals surface area contributed by atoms with Crippen molar-refractivity contribution in [3.05, 3.63) is 34.1 Å². The predicted octanol–water partition coefficient (Wildman–Crippen LogP) is 7.82. The van der Waals surface area contributed by atoms with E-state index < -0.39 is 0 Å². The number of rotatable bonds is 6. The fourth-order valence-corrected chi connectivity index (χ4v) is 6.04. The van der Waals surface area contributed by atoms with Crippen molar-refractivity contribution < 1.29 is 9.13 Å². The average Bonchev–Trinajstić information content (AvgIpc) is 3.54. The second-order valence-corrected chi connectivity index (χ2v) is 9.61. The van der Waals surface area contributed by atoms with E-state index in [0.717, 1.165) is 23.3 Å². The zero-order valence-corrected chi connectivity index (χ0v) is 17.4. The molecule has 2 saturated carbocycles.